The van der Waals surface area contributed by atoms with E-state index < -0.39 is 0 Å². The van der Waals surface area contributed by atoms with Crippen molar-refractivity contribution in [3.63, 3.8) is 0 Å². The van der Waals surface area contributed by atoms with Gasteiger partial charge in [0, 0.05) is 31.0 Å². The van der Waals surface area contributed by atoms with Crippen LogP contribution in [0.1, 0.15) is 30.8 Å². The Kier molecular flexibility index (Phi) is 3.12. The highest BCUT2D eigenvalue weighted by Gasteiger charge is 2.59. The van der Waals surface area contributed by atoms with Crippen LogP contribution in [0.2, 0.25) is 0 Å². The Labute approximate surface area is 118 Å². The number of hydrogen-bond acceptors (Lipinski definition) is 5. The Morgan fingerprint density at radius 3 is 2.85 bits per heavy atom. The summed E-state index contributed by atoms with van der Waals surface area (Å²) < 4.78 is 5.77. The van der Waals surface area contributed by atoms with Gasteiger partial charge in [-0.3, -0.25) is 4.79 Å². The number of carbonyl (C=O) groups excluding carboxylic acids is 1. The predicted molar refractivity (Wildman–Crippen MR) is 74.5 cm³/mol. The van der Waals surface area contributed by atoms with Crippen LogP contribution >= 0.6 is 0 Å². The van der Waals surface area contributed by atoms with Gasteiger partial charge in [0.25, 0.3) is 5.91 Å². The van der Waals surface area contributed by atoms with Crippen LogP contribution in [0.25, 0.3) is 0 Å². The fourth-order valence-electron chi connectivity index (χ4n) is 3.44. The molecule has 1 aromatic heterocycles. The molecule has 6 heteroatoms. The average Bonchev–Trinajstić information content (AvgIpc) is 2.91. The van der Waals surface area contributed by atoms with Crippen molar-refractivity contribution in [3.8, 4) is 0 Å². The van der Waals surface area contributed by atoms with E-state index in [1.54, 1.807) is 19.2 Å². The molecule has 1 saturated heterocycles. The zero-order valence-corrected chi connectivity index (χ0v) is 12.0. The van der Waals surface area contributed by atoms with Crippen molar-refractivity contribution in [2.45, 2.75) is 32.4 Å². The van der Waals surface area contributed by atoms with Crippen LogP contribution in [0.5, 0.6) is 0 Å². The SMILES string of the molecule is CNC(=O)c1ccc(NC2C3CCOC3C2(C)C)nn1. The Bertz CT molecular complexity index is 514. The lowest BCUT2D eigenvalue weighted by atomic mass is 9.57. The average molecular weight is 276 g/mol. The largest absolute Gasteiger partial charge is 0.377 e. The Morgan fingerprint density at radius 1 is 1.40 bits per heavy atom. The van der Waals surface area contributed by atoms with Crippen LogP contribution in [0.3, 0.4) is 0 Å². The first-order valence-corrected chi connectivity index (χ1v) is 6.98. The quantitative estimate of drug-likeness (QED) is 0.863. The first-order valence-electron chi connectivity index (χ1n) is 6.98. The molecule has 1 saturated carbocycles. The molecule has 0 radical (unpaired) electrons. The molecule has 2 N–H and O–H groups in total. The summed E-state index contributed by atoms with van der Waals surface area (Å²) in [6.45, 7) is 5.27. The van der Waals surface area contributed by atoms with E-state index in [0.717, 1.165) is 13.0 Å². The van der Waals surface area contributed by atoms with Gasteiger partial charge in [-0.2, -0.15) is 0 Å². The molecule has 2 heterocycles. The van der Waals surface area contributed by atoms with Gasteiger partial charge in [0.15, 0.2) is 5.69 Å². The number of nitrogens with one attached hydrogen (secondary N) is 2. The van der Waals surface area contributed by atoms with Crippen molar-refractivity contribution in [2.75, 3.05) is 19.0 Å². The molecular weight excluding hydrogens is 256 g/mol. The molecule has 0 aromatic carbocycles. The summed E-state index contributed by atoms with van der Waals surface area (Å²) in [6, 6.07) is 3.83. The van der Waals surface area contributed by atoms with Gasteiger partial charge in [-0.05, 0) is 18.6 Å². The minimum atomic E-state index is -0.225. The van der Waals surface area contributed by atoms with E-state index in [9.17, 15) is 4.79 Å². The molecule has 3 rings (SSSR count). The van der Waals surface area contributed by atoms with E-state index in [1.165, 1.54) is 0 Å². The van der Waals surface area contributed by atoms with Gasteiger partial charge in [0.05, 0.1) is 6.10 Å². The third-order valence-electron chi connectivity index (χ3n) is 4.53. The number of hydrogen-bond donors (Lipinski definition) is 2. The standard InChI is InChI=1S/C14H20N4O2/c1-14(2)11(8-6-7-20-12(8)14)16-10-5-4-9(17-18-10)13(19)15-3/h4-5,8,11-12H,6-7H2,1-3H3,(H,15,19)(H,16,18). The van der Waals surface area contributed by atoms with Gasteiger partial charge in [-0.15, -0.1) is 10.2 Å². The third-order valence-corrected chi connectivity index (χ3v) is 4.53. The number of nitrogens with zero attached hydrogens (tertiary/aromatic N) is 2. The van der Waals surface area contributed by atoms with Gasteiger partial charge in [0.1, 0.15) is 5.82 Å². The van der Waals surface area contributed by atoms with Crippen LogP contribution in [-0.4, -0.2) is 41.9 Å². The van der Waals surface area contributed by atoms with Gasteiger partial charge in [-0.25, -0.2) is 0 Å². The minimum Gasteiger partial charge on any atom is -0.377 e. The van der Waals surface area contributed by atoms with E-state index in [2.05, 4.69) is 34.7 Å². The van der Waals surface area contributed by atoms with Gasteiger partial charge >= 0.3 is 0 Å². The Balaban J connectivity index is 1.70. The number of rotatable bonds is 3. The number of ether oxygens (including phenoxy) is 1. The van der Waals surface area contributed by atoms with E-state index >= 15 is 0 Å². The third kappa shape index (κ3) is 1.95. The fraction of sp³-hybridized carbons (Fsp3) is 0.643. The monoisotopic (exact) mass is 276 g/mol. The molecule has 3 unspecified atom stereocenters. The lowest BCUT2D eigenvalue weighted by Gasteiger charge is -2.54. The van der Waals surface area contributed by atoms with Crippen molar-refractivity contribution in [3.05, 3.63) is 17.8 Å². The molecule has 108 valence electrons. The second-order valence-electron chi connectivity index (χ2n) is 6.07. The van der Waals surface area contributed by atoms with E-state index in [-0.39, 0.29) is 11.3 Å². The van der Waals surface area contributed by atoms with E-state index in [4.69, 9.17) is 4.74 Å². The van der Waals surface area contributed by atoms with Crippen molar-refractivity contribution >= 4 is 11.7 Å². The summed E-state index contributed by atoms with van der Waals surface area (Å²) in [5.41, 5.74) is 0.426. The highest BCUT2D eigenvalue weighted by molar-refractivity contribution is 5.91. The zero-order valence-electron chi connectivity index (χ0n) is 12.0. The second kappa shape index (κ2) is 4.70. The van der Waals surface area contributed by atoms with Crippen LogP contribution in [0.15, 0.2) is 12.1 Å². The predicted octanol–water partition coefficient (Wildman–Crippen LogP) is 1.06. The normalized spacial score (nSPS) is 30.2. The maximum Gasteiger partial charge on any atom is 0.271 e. The molecular formula is C14H20N4O2. The molecule has 1 aromatic rings. The highest BCUT2D eigenvalue weighted by Crippen LogP contribution is 2.53. The summed E-state index contributed by atoms with van der Waals surface area (Å²) >= 11 is 0. The second-order valence-corrected chi connectivity index (χ2v) is 6.07. The topological polar surface area (TPSA) is 76.1 Å². The van der Waals surface area contributed by atoms with Crippen molar-refractivity contribution < 1.29 is 9.53 Å². The number of anilines is 1. The maximum atomic E-state index is 11.4. The number of amides is 1. The number of aromatic nitrogens is 2. The first-order chi connectivity index (χ1) is 9.54. The molecule has 0 bridgehead atoms. The van der Waals surface area contributed by atoms with Gasteiger partial charge in [0.2, 0.25) is 0 Å². The summed E-state index contributed by atoms with van der Waals surface area (Å²) in [5, 5.41) is 14.0. The summed E-state index contributed by atoms with van der Waals surface area (Å²) in [6.07, 6.45) is 1.44. The Morgan fingerprint density at radius 2 is 2.20 bits per heavy atom. The lowest BCUT2D eigenvalue weighted by molar-refractivity contribution is -0.0924. The van der Waals surface area contributed by atoms with Crippen molar-refractivity contribution in [2.24, 2.45) is 11.3 Å². The van der Waals surface area contributed by atoms with Crippen LogP contribution in [0.4, 0.5) is 5.82 Å². The highest BCUT2D eigenvalue weighted by atomic mass is 16.5. The Hall–Kier alpha value is -1.69. The first kappa shape index (κ1) is 13.3. The van der Waals surface area contributed by atoms with Gasteiger partial charge in [-0.1, -0.05) is 13.8 Å². The van der Waals surface area contributed by atoms with Crippen molar-refractivity contribution in [1.82, 2.24) is 15.5 Å². The van der Waals surface area contributed by atoms with Crippen molar-refractivity contribution in [1.29, 1.82) is 0 Å². The van der Waals surface area contributed by atoms with Crippen LogP contribution < -0.4 is 10.6 Å². The summed E-state index contributed by atoms with van der Waals surface area (Å²) in [5.74, 6) is 1.03. The molecule has 1 aliphatic heterocycles. The van der Waals surface area contributed by atoms with Crippen LogP contribution in [0, 0.1) is 11.3 Å². The summed E-state index contributed by atoms with van der Waals surface area (Å²) in [4.78, 5) is 11.4. The van der Waals surface area contributed by atoms with Crippen LogP contribution in [-0.2, 0) is 4.74 Å². The van der Waals surface area contributed by atoms with E-state index in [0.29, 0.717) is 29.6 Å². The fourth-order valence-corrected chi connectivity index (χ4v) is 3.44. The number of fused-ring (bicyclic) bond motifs is 1. The molecule has 1 aliphatic carbocycles. The molecule has 6 nitrogen and oxygen atoms in total. The molecule has 0 spiro atoms. The lowest BCUT2D eigenvalue weighted by Crippen LogP contribution is -2.63. The molecule has 2 aliphatic rings. The number of carbonyl (C=O) groups is 1. The molecule has 3 atom stereocenters. The molecule has 1 amide bonds. The maximum absolute atomic E-state index is 11.4. The van der Waals surface area contributed by atoms with E-state index in [1.807, 2.05) is 0 Å². The molecule has 2 fully saturated rings. The van der Waals surface area contributed by atoms with Gasteiger partial charge < -0.3 is 15.4 Å². The zero-order chi connectivity index (χ0) is 14.3. The minimum absolute atomic E-state index is 0.0995. The summed E-state index contributed by atoms with van der Waals surface area (Å²) in [7, 11) is 1.58. The molecule has 20 heavy (non-hydrogen) atoms. The smallest absolute Gasteiger partial charge is 0.271 e.